The van der Waals surface area contributed by atoms with Crippen molar-refractivity contribution in [1.29, 1.82) is 0 Å². The molecule has 3 amide bonds. The number of anilines is 2. The van der Waals surface area contributed by atoms with Gasteiger partial charge < -0.3 is 4.42 Å². The molecule has 0 aliphatic carbocycles. The Morgan fingerprint density at radius 3 is 2.38 bits per heavy atom. The molecule has 1 aromatic heterocycles. The van der Waals surface area contributed by atoms with Gasteiger partial charge in [-0.2, -0.15) is 0 Å². The van der Waals surface area contributed by atoms with Gasteiger partial charge in [-0.15, -0.1) is 5.10 Å². The van der Waals surface area contributed by atoms with Crippen molar-refractivity contribution in [3.05, 3.63) is 58.1 Å². The fourth-order valence-electron chi connectivity index (χ4n) is 2.84. The van der Waals surface area contributed by atoms with Crippen molar-refractivity contribution in [2.75, 3.05) is 10.2 Å². The van der Waals surface area contributed by atoms with Crippen LogP contribution in [0.2, 0.25) is 10.0 Å². The molecule has 3 aromatic rings. The lowest BCUT2D eigenvalue weighted by atomic mass is 10.2. The summed E-state index contributed by atoms with van der Waals surface area (Å²) in [5, 5.41) is 10.9. The second kappa shape index (κ2) is 7.65. The van der Waals surface area contributed by atoms with E-state index >= 15 is 0 Å². The van der Waals surface area contributed by atoms with Crippen molar-refractivity contribution >= 4 is 52.6 Å². The number of hydrogen-bond acceptors (Lipinski definition) is 6. The molecule has 1 aliphatic heterocycles. The van der Waals surface area contributed by atoms with Crippen LogP contribution in [0.25, 0.3) is 11.5 Å². The molecule has 0 saturated carbocycles. The summed E-state index contributed by atoms with van der Waals surface area (Å²) in [7, 11) is 0. The zero-order valence-corrected chi connectivity index (χ0v) is 16.2. The largest absolute Gasteiger partial charge is 0.403 e. The van der Waals surface area contributed by atoms with Gasteiger partial charge in [-0.05, 0) is 42.5 Å². The minimum absolute atomic E-state index is 0.106. The maximum absolute atomic E-state index is 12.4. The van der Waals surface area contributed by atoms with Crippen LogP contribution in [0.4, 0.5) is 11.7 Å². The summed E-state index contributed by atoms with van der Waals surface area (Å²) in [5.74, 6) is -0.909. The Balaban J connectivity index is 1.49. The Morgan fingerprint density at radius 2 is 1.69 bits per heavy atom. The minimum atomic E-state index is -0.497. The molecule has 0 unspecified atom stereocenters. The Bertz CT molecular complexity index is 1110. The Hall–Kier alpha value is -3.23. The van der Waals surface area contributed by atoms with E-state index in [2.05, 4.69) is 15.5 Å². The van der Waals surface area contributed by atoms with Crippen LogP contribution in [0.3, 0.4) is 0 Å². The number of rotatable bonds is 4. The number of amides is 3. The van der Waals surface area contributed by atoms with Gasteiger partial charge in [-0.1, -0.05) is 28.3 Å². The SMILES string of the molecule is O=C(Nc1nnc(-c2cc(Cl)ccc2Cl)o1)c1ccc(N2C(=O)CCC2=O)cc1. The predicted molar refractivity (Wildman–Crippen MR) is 106 cm³/mol. The third-order valence-corrected chi connectivity index (χ3v) is 4.81. The van der Waals surface area contributed by atoms with Crippen LogP contribution < -0.4 is 10.2 Å². The Morgan fingerprint density at radius 1 is 1.00 bits per heavy atom. The molecule has 0 atom stereocenters. The van der Waals surface area contributed by atoms with Gasteiger partial charge in [0, 0.05) is 23.4 Å². The van der Waals surface area contributed by atoms with Gasteiger partial charge in [-0.3, -0.25) is 24.6 Å². The number of carbonyl (C=O) groups excluding carboxylic acids is 3. The molecule has 10 heteroatoms. The fraction of sp³-hybridized carbons (Fsp3) is 0.105. The van der Waals surface area contributed by atoms with E-state index in [1.165, 1.54) is 24.3 Å². The summed E-state index contributed by atoms with van der Waals surface area (Å²) in [6.45, 7) is 0. The number of halogens is 2. The molecule has 0 spiro atoms. The van der Waals surface area contributed by atoms with E-state index in [9.17, 15) is 14.4 Å². The average Bonchev–Trinajstić information content (AvgIpc) is 3.30. The van der Waals surface area contributed by atoms with Gasteiger partial charge >= 0.3 is 6.01 Å². The first-order valence-corrected chi connectivity index (χ1v) is 9.24. The standard InChI is InChI=1S/C19H12Cl2N4O4/c20-11-3-6-14(21)13(9-11)18-23-24-19(29-18)22-17(28)10-1-4-12(5-2-10)25-15(26)7-8-16(25)27/h1-6,9H,7-8H2,(H,22,24,28). The predicted octanol–water partition coefficient (Wildman–Crippen LogP) is 3.95. The zero-order chi connectivity index (χ0) is 20.5. The highest BCUT2D eigenvalue weighted by Crippen LogP contribution is 2.30. The molecule has 146 valence electrons. The van der Waals surface area contributed by atoms with E-state index in [0.717, 1.165) is 4.90 Å². The number of aromatic nitrogens is 2. The maximum atomic E-state index is 12.4. The molecule has 1 aliphatic rings. The van der Waals surface area contributed by atoms with E-state index in [1.54, 1.807) is 18.2 Å². The van der Waals surface area contributed by atoms with Crippen LogP contribution >= 0.6 is 23.2 Å². The van der Waals surface area contributed by atoms with Crippen molar-refractivity contribution in [3.8, 4) is 11.5 Å². The molecule has 0 bridgehead atoms. The Labute approximate surface area is 174 Å². The van der Waals surface area contributed by atoms with Crippen molar-refractivity contribution in [2.24, 2.45) is 0 Å². The van der Waals surface area contributed by atoms with E-state index in [1.807, 2.05) is 0 Å². The first-order valence-electron chi connectivity index (χ1n) is 8.48. The lowest BCUT2D eigenvalue weighted by molar-refractivity contribution is -0.121. The van der Waals surface area contributed by atoms with Gasteiger partial charge in [-0.25, -0.2) is 0 Å². The number of hydrogen-bond donors (Lipinski definition) is 1. The second-order valence-electron chi connectivity index (χ2n) is 6.16. The average molecular weight is 431 g/mol. The van der Waals surface area contributed by atoms with Gasteiger partial charge in [0.25, 0.3) is 11.8 Å². The number of nitrogens with one attached hydrogen (secondary N) is 1. The molecule has 2 heterocycles. The van der Waals surface area contributed by atoms with Crippen molar-refractivity contribution in [3.63, 3.8) is 0 Å². The summed E-state index contributed by atoms with van der Waals surface area (Å²) in [5.41, 5.74) is 1.15. The van der Waals surface area contributed by atoms with Crippen LogP contribution in [0.5, 0.6) is 0 Å². The van der Waals surface area contributed by atoms with Gasteiger partial charge in [0.1, 0.15) is 0 Å². The third-order valence-electron chi connectivity index (χ3n) is 4.24. The number of benzene rings is 2. The molecular weight excluding hydrogens is 419 g/mol. The van der Waals surface area contributed by atoms with Crippen molar-refractivity contribution in [2.45, 2.75) is 12.8 Å². The van der Waals surface area contributed by atoms with Crippen LogP contribution in [-0.4, -0.2) is 27.9 Å². The summed E-state index contributed by atoms with van der Waals surface area (Å²) >= 11 is 12.1. The van der Waals surface area contributed by atoms with E-state index in [-0.39, 0.29) is 42.1 Å². The molecule has 4 rings (SSSR count). The molecule has 0 radical (unpaired) electrons. The summed E-state index contributed by atoms with van der Waals surface area (Å²) in [4.78, 5) is 37.1. The number of nitrogens with zero attached hydrogens (tertiary/aromatic N) is 3. The quantitative estimate of drug-likeness (QED) is 0.628. The van der Waals surface area contributed by atoms with Crippen LogP contribution in [0.1, 0.15) is 23.2 Å². The molecule has 1 N–H and O–H groups in total. The summed E-state index contributed by atoms with van der Waals surface area (Å²) in [6.07, 6.45) is 0.383. The van der Waals surface area contributed by atoms with Crippen LogP contribution in [0.15, 0.2) is 46.9 Å². The number of carbonyl (C=O) groups is 3. The fourth-order valence-corrected chi connectivity index (χ4v) is 3.21. The van der Waals surface area contributed by atoms with Gasteiger partial charge in [0.15, 0.2) is 0 Å². The molecule has 1 fully saturated rings. The molecule has 1 saturated heterocycles. The van der Waals surface area contributed by atoms with Gasteiger partial charge in [0.05, 0.1) is 16.3 Å². The summed E-state index contributed by atoms with van der Waals surface area (Å²) < 4.78 is 5.44. The monoisotopic (exact) mass is 430 g/mol. The van der Waals surface area contributed by atoms with E-state index < -0.39 is 5.91 Å². The smallest absolute Gasteiger partial charge is 0.322 e. The highest BCUT2D eigenvalue weighted by atomic mass is 35.5. The first kappa shape index (κ1) is 19.1. The zero-order valence-electron chi connectivity index (χ0n) is 14.7. The van der Waals surface area contributed by atoms with Crippen molar-refractivity contribution in [1.82, 2.24) is 10.2 Å². The van der Waals surface area contributed by atoms with E-state index in [4.69, 9.17) is 27.6 Å². The van der Waals surface area contributed by atoms with Crippen LogP contribution in [0, 0.1) is 0 Å². The molecule has 8 nitrogen and oxygen atoms in total. The third kappa shape index (κ3) is 3.85. The Kier molecular flexibility index (Phi) is 5.04. The first-order chi connectivity index (χ1) is 13.9. The topological polar surface area (TPSA) is 105 Å². The maximum Gasteiger partial charge on any atom is 0.322 e. The van der Waals surface area contributed by atoms with Crippen LogP contribution in [-0.2, 0) is 9.59 Å². The van der Waals surface area contributed by atoms with Crippen molar-refractivity contribution < 1.29 is 18.8 Å². The lowest BCUT2D eigenvalue weighted by Crippen LogP contribution is -2.28. The second-order valence-corrected chi connectivity index (χ2v) is 7.00. The molecule has 29 heavy (non-hydrogen) atoms. The molecule has 2 aromatic carbocycles. The van der Waals surface area contributed by atoms with Gasteiger partial charge in [0.2, 0.25) is 11.8 Å². The summed E-state index contributed by atoms with van der Waals surface area (Å²) in [6, 6.07) is 10.7. The highest BCUT2D eigenvalue weighted by molar-refractivity contribution is 6.35. The number of imide groups is 1. The normalized spacial score (nSPS) is 13.8. The molecular formula is C19H12Cl2N4O4. The minimum Gasteiger partial charge on any atom is -0.403 e. The lowest BCUT2D eigenvalue weighted by Gasteiger charge is -2.13. The van der Waals surface area contributed by atoms with E-state index in [0.29, 0.717) is 21.3 Å². The highest BCUT2D eigenvalue weighted by Gasteiger charge is 2.30.